The Hall–Kier alpha value is -1.69. The zero-order valence-corrected chi connectivity index (χ0v) is 12.4. The molecule has 1 atom stereocenters. The summed E-state index contributed by atoms with van der Waals surface area (Å²) < 4.78 is 0. The van der Waals surface area contributed by atoms with E-state index in [4.69, 9.17) is 0 Å². The molecule has 114 valence electrons. The van der Waals surface area contributed by atoms with E-state index in [0.717, 1.165) is 45.1 Å². The summed E-state index contributed by atoms with van der Waals surface area (Å²) in [6.07, 6.45) is 8.24. The Morgan fingerprint density at radius 3 is 2.81 bits per heavy atom. The molecule has 0 bridgehead atoms. The van der Waals surface area contributed by atoms with Gasteiger partial charge in [0, 0.05) is 45.0 Å². The number of hydrogen-bond acceptors (Lipinski definition) is 5. The number of anilines is 1. The molecule has 0 aliphatic carbocycles. The van der Waals surface area contributed by atoms with Crippen LogP contribution in [0.3, 0.4) is 0 Å². The first-order chi connectivity index (χ1) is 10.3. The van der Waals surface area contributed by atoms with Crippen molar-refractivity contribution in [1.29, 1.82) is 0 Å². The van der Waals surface area contributed by atoms with Gasteiger partial charge in [0.1, 0.15) is 5.82 Å². The van der Waals surface area contributed by atoms with Crippen molar-refractivity contribution in [3.63, 3.8) is 0 Å². The summed E-state index contributed by atoms with van der Waals surface area (Å²) in [6.45, 7) is 5.35. The summed E-state index contributed by atoms with van der Waals surface area (Å²) in [5.74, 6) is 1.73. The molecule has 1 amide bonds. The van der Waals surface area contributed by atoms with Crippen LogP contribution in [0.4, 0.5) is 5.82 Å². The molecule has 1 unspecified atom stereocenters. The van der Waals surface area contributed by atoms with E-state index < -0.39 is 0 Å². The first-order valence-corrected chi connectivity index (χ1v) is 7.82. The molecule has 21 heavy (non-hydrogen) atoms. The Kier molecular flexibility index (Phi) is 4.65. The van der Waals surface area contributed by atoms with Crippen LogP contribution in [0.2, 0.25) is 0 Å². The highest BCUT2D eigenvalue weighted by Crippen LogP contribution is 2.17. The number of amides is 1. The average Bonchev–Trinajstić information content (AvgIpc) is 2.57. The Bertz CT molecular complexity index is 452. The number of hydrogen-bond donors (Lipinski definition) is 1. The molecule has 1 aromatic rings. The summed E-state index contributed by atoms with van der Waals surface area (Å²) in [7, 11) is 0. The number of piperidine rings is 1. The van der Waals surface area contributed by atoms with Crippen LogP contribution < -0.4 is 10.2 Å². The third-order valence-corrected chi connectivity index (χ3v) is 4.37. The summed E-state index contributed by atoms with van der Waals surface area (Å²) in [5, 5.41) is 3.38. The molecule has 6 heteroatoms. The number of carbonyl (C=O) groups excluding carboxylic acids is 1. The van der Waals surface area contributed by atoms with Crippen molar-refractivity contribution in [2.24, 2.45) is 5.92 Å². The van der Waals surface area contributed by atoms with E-state index >= 15 is 0 Å². The van der Waals surface area contributed by atoms with Crippen molar-refractivity contribution in [1.82, 2.24) is 20.2 Å². The van der Waals surface area contributed by atoms with Crippen LogP contribution in [-0.2, 0) is 4.79 Å². The van der Waals surface area contributed by atoms with Crippen molar-refractivity contribution < 1.29 is 4.79 Å². The van der Waals surface area contributed by atoms with E-state index in [9.17, 15) is 4.79 Å². The minimum Gasteiger partial charge on any atom is -0.352 e. The molecule has 0 spiro atoms. The third kappa shape index (κ3) is 3.69. The predicted molar refractivity (Wildman–Crippen MR) is 81.0 cm³/mol. The van der Waals surface area contributed by atoms with Gasteiger partial charge in [0.25, 0.3) is 0 Å². The van der Waals surface area contributed by atoms with Crippen LogP contribution in [0.5, 0.6) is 0 Å². The van der Waals surface area contributed by atoms with Gasteiger partial charge in [-0.2, -0.15) is 0 Å². The number of rotatable bonds is 3. The van der Waals surface area contributed by atoms with E-state index in [1.807, 2.05) is 4.90 Å². The second-order valence-electron chi connectivity index (χ2n) is 5.85. The van der Waals surface area contributed by atoms with Gasteiger partial charge in [-0.15, -0.1) is 0 Å². The maximum atomic E-state index is 12.4. The molecule has 1 aromatic heterocycles. The van der Waals surface area contributed by atoms with Gasteiger partial charge in [-0.1, -0.05) is 0 Å². The second kappa shape index (κ2) is 6.85. The highest BCUT2D eigenvalue weighted by atomic mass is 16.2. The Labute approximate surface area is 125 Å². The molecule has 2 aliphatic rings. The van der Waals surface area contributed by atoms with Gasteiger partial charge in [-0.05, 0) is 31.8 Å². The molecule has 1 N–H and O–H groups in total. The van der Waals surface area contributed by atoms with Crippen molar-refractivity contribution in [3.05, 3.63) is 18.6 Å². The van der Waals surface area contributed by atoms with E-state index in [1.54, 1.807) is 18.6 Å². The van der Waals surface area contributed by atoms with Crippen molar-refractivity contribution in [2.75, 3.05) is 44.2 Å². The Morgan fingerprint density at radius 2 is 2.14 bits per heavy atom. The Balaban J connectivity index is 1.47. The largest absolute Gasteiger partial charge is 0.352 e. The smallest absolute Gasteiger partial charge is 0.223 e. The first kappa shape index (κ1) is 14.3. The van der Waals surface area contributed by atoms with E-state index in [0.29, 0.717) is 18.2 Å². The monoisotopic (exact) mass is 289 g/mol. The molecule has 3 heterocycles. The summed E-state index contributed by atoms with van der Waals surface area (Å²) in [6, 6.07) is 0. The third-order valence-electron chi connectivity index (χ3n) is 4.37. The van der Waals surface area contributed by atoms with Crippen LogP contribution in [0.15, 0.2) is 18.6 Å². The quantitative estimate of drug-likeness (QED) is 0.879. The van der Waals surface area contributed by atoms with E-state index in [-0.39, 0.29) is 0 Å². The molecular weight excluding hydrogens is 266 g/mol. The van der Waals surface area contributed by atoms with Crippen LogP contribution in [0, 0.1) is 5.92 Å². The normalized spacial score (nSPS) is 23.1. The number of nitrogens with one attached hydrogen (secondary N) is 1. The number of aromatic nitrogens is 2. The average molecular weight is 289 g/mol. The minimum atomic E-state index is 0.308. The highest BCUT2D eigenvalue weighted by Gasteiger charge is 2.24. The lowest BCUT2D eigenvalue weighted by atomic mass is 9.95. The highest BCUT2D eigenvalue weighted by molar-refractivity contribution is 5.76. The van der Waals surface area contributed by atoms with Gasteiger partial charge >= 0.3 is 0 Å². The van der Waals surface area contributed by atoms with Gasteiger partial charge in [0.2, 0.25) is 5.91 Å². The molecule has 2 fully saturated rings. The Morgan fingerprint density at radius 1 is 1.29 bits per heavy atom. The lowest BCUT2D eigenvalue weighted by Crippen LogP contribution is -2.49. The molecule has 3 rings (SSSR count). The van der Waals surface area contributed by atoms with Gasteiger partial charge < -0.3 is 15.1 Å². The topological polar surface area (TPSA) is 61.4 Å². The molecular formula is C15H23N5O. The molecule has 0 radical (unpaired) electrons. The maximum Gasteiger partial charge on any atom is 0.223 e. The van der Waals surface area contributed by atoms with Gasteiger partial charge in [-0.3, -0.25) is 9.78 Å². The lowest BCUT2D eigenvalue weighted by Gasteiger charge is -2.36. The molecule has 2 aliphatic heterocycles. The van der Waals surface area contributed by atoms with Gasteiger partial charge in [0.05, 0.1) is 6.20 Å². The zero-order valence-electron chi connectivity index (χ0n) is 12.4. The summed E-state index contributed by atoms with van der Waals surface area (Å²) >= 11 is 0. The number of nitrogens with zero attached hydrogens (tertiary/aromatic N) is 4. The number of piperazine rings is 1. The van der Waals surface area contributed by atoms with Crippen LogP contribution in [0.25, 0.3) is 0 Å². The molecule has 6 nitrogen and oxygen atoms in total. The van der Waals surface area contributed by atoms with Crippen LogP contribution in [0.1, 0.15) is 19.3 Å². The zero-order chi connectivity index (χ0) is 14.5. The molecule has 0 aromatic carbocycles. The fourth-order valence-electron chi connectivity index (χ4n) is 3.11. The minimum absolute atomic E-state index is 0.308. The number of carbonyl (C=O) groups is 1. The molecule has 2 saturated heterocycles. The van der Waals surface area contributed by atoms with Crippen LogP contribution >= 0.6 is 0 Å². The van der Waals surface area contributed by atoms with Crippen LogP contribution in [-0.4, -0.2) is 60.0 Å². The fourth-order valence-corrected chi connectivity index (χ4v) is 3.11. The lowest BCUT2D eigenvalue weighted by molar-refractivity contribution is -0.132. The second-order valence-corrected chi connectivity index (χ2v) is 5.85. The van der Waals surface area contributed by atoms with Gasteiger partial charge in [-0.25, -0.2) is 4.98 Å². The van der Waals surface area contributed by atoms with Crippen molar-refractivity contribution >= 4 is 11.7 Å². The first-order valence-electron chi connectivity index (χ1n) is 7.82. The van der Waals surface area contributed by atoms with Crippen molar-refractivity contribution in [2.45, 2.75) is 19.3 Å². The standard InChI is InChI=1S/C15H23N5O/c21-15(10-13-2-1-3-16-11-13)20-8-6-19(7-9-20)14-12-17-4-5-18-14/h4-5,12-13,16H,1-3,6-11H2. The van der Waals surface area contributed by atoms with Crippen molar-refractivity contribution in [3.8, 4) is 0 Å². The van der Waals surface area contributed by atoms with E-state index in [1.165, 1.54) is 12.8 Å². The van der Waals surface area contributed by atoms with Gasteiger partial charge in [0.15, 0.2) is 0 Å². The predicted octanol–water partition coefficient (Wildman–Crippen LogP) is 0.515. The summed E-state index contributed by atoms with van der Waals surface area (Å²) in [5.41, 5.74) is 0. The maximum absolute atomic E-state index is 12.4. The molecule has 0 saturated carbocycles. The SMILES string of the molecule is O=C(CC1CCCNC1)N1CCN(c2cnccn2)CC1. The summed E-state index contributed by atoms with van der Waals surface area (Å²) in [4.78, 5) is 25.0. The van der Waals surface area contributed by atoms with E-state index in [2.05, 4.69) is 20.2 Å². The fraction of sp³-hybridized carbons (Fsp3) is 0.667.